The fraction of sp³-hybridized carbons (Fsp3) is 0.125. The first-order valence-corrected chi connectivity index (χ1v) is 7.00. The van der Waals surface area contributed by atoms with Crippen molar-refractivity contribution in [3.8, 4) is 11.5 Å². The van der Waals surface area contributed by atoms with Crippen LogP contribution < -0.4 is 0 Å². The third-order valence-corrected chi connectivity index (χ3v) is 3.20. The number of nitrogens with zero attached hydrogens (tertiary/aromatic N) is 2. The molecular weight excluding hydrogens is 316 g/mol. The maximum Gasteiger partial charge on any atom is 0.310 e. The summed E-state index contributed by atoms with van der Waals surface area (Å²) < 4.78 is 15.4. The second-order valence-corrected chi connectivity index (χ2v) is 4.92. The molecule has 24 heavy (non-hydrogen) atoms. The normalized spacial score (nSPS) is 10.5. The molecule has 3 aromatic rings. The van der Waals surface area contributed by atoms with E-state index in [0.29, 0.717) is 22.8 Å². The molecule has 8 heteroatoms. The molecule has 0 amide bonds. The highest BCUT2D eigenvalue weighted by atomic mass is 16.6. The van der Waals surface area contributed by atoms with Gasteiger partial charge < -0.3 is 13.7 Å². The van der Waals surface area contributed by atoms with Gasteiger partial charge >= 0.3 is 5.97 Å². The van der Waals surface area contributed by atoms with Crippen LogP contribution in [0, 0.1) is 10.1 Å². The van der Waals surface area contributed by atoms with Crippen molar-refractivity contribution in [3.63, 3.8) is 0 Å². The molecule has 0 aliphatic rings. The van der Waals surface area contributed by atoms with Crippen LogP contribution in [0.25, 0.3) is 11.5 Å². The van der Waals surface area contributed by atoms with E-state index in [4.69, 9.17) is 13.7 Å². The van der Waals surface area contributed by atoms with E-state index < -0.39 is 10.9 Å². The number of rotatable bonds is 6. The van der Waals surface area contributed by atoms with E-state index in [1.54, 1.807) is 18.2 Å². The number of carbonyl (C=O) groups is 1. The van der Waals surface area contributed by atoms with E-state index in [1.807, 2.05) is 0 Å². The predicted molar refractivity (Wildman–Crippen MR) is 80.8 cm³/mol. The summed E-state index contributed by atoms with van der Waals surface area (Å²) in [6.45, 7) is -0.0317. The van der Waals surface area contributed by atoms with Crippen LogP contribution in [0.2, 0.25) is 0 Å². The fourth-order valence-electron chi connectivity index (χ4n) is 2.02. The zero-order valence-electron chi connectivity index (χ0n) is 12.4. The second kappa shape index (κ2) is 6.78. The Bertz CT molecular complexity index is 836. The first kappa shape index (κ1) is 15.5. The van der Waals surface area contributed by atoms with Crippen molar-refractivity contribution in [1.29, 1.82) is 0 Å². The maximum absolute atomic E-state index is 11.8. The van der Waals surface area contributed by atoms with Crippen molar-refractivity contribution in [3.05, 3.63) is 70.1 Å². The lowest BCUT2D eigenvalue weighted by Crippen LogP contribution is -2.08. The van der Waals surface area contributed by atoms with E-state index in [0.717, 1.165) is 0 Å². The van der Waals surface area contributed by atoms with Crippen LogP contribution in [0.3, 0.4) is 0 Å². The molecule has 0 radical (unpaired) electrons. The average Bonchev–Trinajstić information content (AvgIpc) is 3.25. The standard InChI is InChI=1S/C16H12N2O6/c19-16(8-11-3-5-13(6-4-11)18(20)21)23-10-12-9-15(24-17-12)14-2-1-7-22-14/h1-7,9H,8,10H2. The Morgan fingerprint density at radius 2 is 2.00 bits per heavy atom. The minimum Gasteiger partial charge on any atom is -0.461 e. The van der Waals surface area contributed by atoms with Gasteiger partial charge in [0.1, 0.15) is 12.3 Å². The average molecular weight is 328 g/mol. The SMILES string of the molecule is O=C(Cc1ccc([N+](=O)[O-])cc1)OCc1cc(-c2ccco2)on1. The summed E-state index contributed by atoms with van der Waals surface area (Å²) in [5.74, 6) is 0.513. The lowest BCUT2D eigenvalue weighted by Gasteiger charge is -2.02. The van der Waals surface area contributed by atoms with Crippen molar-refractivity contribution in [2.45, 2.75) is 13.0 Å². The molecule has 0 aliphatic heterocycles. The number of carbonyl (C=O) groups excluding carboxylic acids is 1. The van der Waals surface area contributed by atoms with E-state index >= 15 is 0 Å². The molecule has 2 aromatic heterocycles. The second-order valence-electron chi connectivity index (χ2n) is 4.92. The lowest BCUT2D eigenvalue weighted by molar-refractivity contribution is -0.384. The summed E-state index contributed by atoms with van der Waals surface area (Å²) >= 11 is 0. The first-order chi connectivity index (χ1) is 11.6. The summed E-state index contributed by atoms with van der Waals surface area (Å²) in [5.41, 5.74) is 1.06. The number of hydrogen-bond acceptors (Lipinski definition) is 7. The number of nitro benzene ring substituents is 1. The van der Waals surface area contributed by atoms with Gasteiger partial charge in [0.2, 0.25) is 5.76 Å². The maximum atomic E-state index is 11.8. The number of hydrogen-bond donors (Lipinski definition) is 0. The molecule has 0 fully saturated rings. The Balaban J connectivity index is 1.53. The molecule has 0 spiro atoms. The monoisotopic (exact) mass is 328 g/mol. The number of benzene rings is 1. The molecule has 8 nitrogen and oxygen atoms in total. The quantitative estimate of drug-likeness (QED) is 0.388. The van der Waals surface area contributed by atoms with E-state index in [9.17, 15) is 14.9 Å². The van der Waals surface area contributed by atoms with Crippen LogP contribution in [0.5, 0.6) is 0 Å². The molecule has 0 saturated carbocycles. The third-order valence-electron chi connectivity index (χ3n) is 3.20. The summed E-state index contributed by atoms with van der Waals surface area (Å²) in [6, 6.07) is 10.8. The molecule has 0 N–H and O–H groups in total. The van der Waals surface area contributed by atoms with Crippen molar-refractivity contribution in [1.82, 2.24) is 5.16 Å². The van der Waals surface area contributed by atoms with Crippen molar-refractivity contribution in [2.24, 2.45) is 0 Å². The summed E-state index contributed by atoms with van der Waals surface area (Å²) in [5, 5.41) is 14.4. The van der Waals surface area contributed by atoms with Crippen molar-refractivity contribution < 1.29 is 23.4 Å². The summed E-state index contributed by atoms with van der Waals surface area (Å²) in [4.78, 5) is 21.9. The molecule has 3 rings (SSSR count). The Morgan fingerprint density at radius 1 is 1.21 bits per heavy atom. The highest BCUT2D eigenvalue weighted by molar-refractivity contribution is 5.72. The molecule has 1 aromatic carbocycles. The number of nitro groups is 1. The van der Waals surface area contributed by atoms with Crippen LogP contribution in [0.15, 0.2) is 57.7 Å². The Kier molecular flexibility index (Phi) is 4.37. The highest BCUT2D eigenvalue weighted by Crippen LogP contribution is 2.21. The van der Waals surface area contributed by atoms with Crippen LogP contribution >= 0.6 is 0 Å². The van der Waals surface area contributed by atoms with Gasteiger partial charge in [-0.1, -0.05) is 17.3 Å². The fourth-order valence-corrected chi connectivity index (χ4v) is 2.02. The molecule has 0 unspecified atom stereocenters. The van der Waals surface area contributed by atoms with Crippen LogP contribution in [-0.4, -0.2) is 16.0 Å². The Hall–Kier alpha value is -3.42. The zero-order valence-corrected chi connectivity index (χ0v) is 12.4. The van der Waals surface area contributed by atoms with Gasteiger partial charge in [-0.25, -0.2) is 0 Å². The van der Waals surface area contributed by atoms with Gasteiger partial charge in [0.25, 0.3) is 5.69 Å². The number of aromatic nitrogens is 1. The topological polar surface area (TPSA) is 109 Å². The molecule has 122 valence electrons. The number of furan rings is 1. The highest BCUT2D eigenvalue weighted by Gasteiger charge is 2.12. The van der Waals surface area contributed by atoms with Gasteiger partial charge in [0.05, 0.1) is 17.6 Å². The predicted octanol–water partition coefficient (Wildman–Crippen LogP) is 3.13. The van der Waals surface area contributed by atoms with Crippen molar-refractivity contribution >= 4 is 11.7 Å². The minimum atomic E-state index is -0.497. The van der Waals surface area contributed by atoms with Gasteiger partial charge in [-0.15, -0.1) is 0 Å². The van der Waals surface area contributed by atoms with E-state index in [-0.39, 0.29) is 18.7 Å². The van der Waals surface area contributed by atoms with Crippen molar-refractivity contribution in [2.75, 3.05) is 0 Å². The summed E-state index contributed by atoms with van der Waals surface area (Å²) in [6.07, 6.45) is 1.53. The zero-order chi connectivity index (χ0) is 16.9. The van der Waals surface area contributed by atoms with E-state index in [1.165, 1.54) is 30.5 Å². The molecule has 2 heterocycles. The van der Waals surface area contributed by atoms with Crippen LogP contribution in [-0.2, 0) is 22.6 Å². The van der Waals surface area contributed by atoms with Crippen LogP contribution in [0.1, 0.15) is 11.3 Å². The molecule has 0 atom stereocenters. The Labute approximate surface area is 135 Å². The lowest BCUT2D eigenvalue weighted by atomic mass is 10.1. The smallest absolute Gasteiger partial charge is 0.310 e. The number of non-ortho nitro benzene ring substituents is 1. The van der Waals surface area contributed by atoms with Gasteiger partial charge in [0.15, 0.2) is 5.76 Å². The Morgan fingerprint density at radius 3 is 2.67 bits per heavy atom. The van der Waals surface area contributed by atoms with Crippen LogP contribution in [0.4, 0.5) is 5.69 Å². The number of esters is 1. The van der Waals surface area contributed by atoms with Gasteiger partial charge in [-0.3, -0.25) is 14.9 Å². The van der Waals surface area contributed by atoms with Gasteiger partial charge in [0, 0.05) is 18.2 Å². The molecule has 0 bridgehead atoms. The minimum absolute atomic E-state index is 0.0148. The number of ether oxygens (including phenoxy) is 1. The van der Waals surface area contributed by atoms with Gasteiger partial charge in [-0.2, -0.15) is 0 Å². The molecular formula is C16H12N2O6. The molecule has 0 aliphatic carbocycles. The van der Waals surface area contributed by atoms with E-state index in [2.05, 4.69) is 5.16 Å². The third kappa shape index (κ3) is 3.67. The van der Waals surface area contributed by atoms with Gasteiger partial charge in [-0.05, 0) is 17.7 Å². The first-order valence-electron chi connectivity index (χ1n) is 7.00. The molecule has 0 saturated heterocycles. The summed E-state index contributed by atoms with van der Waals surface area (Å²) in [7, 11) is 0. The largest absolute Gasteiger partial charge is 0.461 e.